The van der Waals surface area contributed by atoms with Crippen molar-refractivity contribution in [3.63, 3.8) is 0 Å². The number of para-hydroxylation sites is 7. The van der Waals surface area contributed by atoms with Crippen molar-refractivity contribution in [3.8, 4) is 89.8 Å². The van der Waals surface area contributed by atoms with Crippen LogP contribution < -0.4 is 14.4 Å². The molecule has 0 unspecified atom stereocenters. The smallest absolute Gasteiger partial charge is 0.132 e. The number of benzene rings is 13. The van der Waals surface area contributed by atoms with Crippen LogP contribution in [0.25, 0.3) is 66.8 Å². The van der Waals surface area contributed by atoms with E-state index in [4.69, 9.17) is 9.47 Å². The lowest BCUT2D eigenvalue weighted by molar-refractivity contribution is 0.436. The van der Waals surface area contributed by atoms with Crippen LogP contribution in [0.15, 0.2) is 309 Å². The predicted octanol–water partition coefficient (Wildman–Crippen LogP) is 20.8. The van der Waals surface area contributed by atoms with Gasteiger partial charge in [0.05, 0.1) is 27.9 Å². The van der Waals surface area contributed by atoms with Gasteiger partial charge >= 0.3 is 0 Å². The summed E-state index contributed by atoms with van der Waals surface area (Å²) in [6.07, 6.45) is 0. The van der Waals surface area contributed by atoms with E-state index in [-0.39, 0.29) is 0 Å². The van der Waals surface area contributed by atoms with Gasteiger partial charge in [-0.2, -0.15) is 0 Å². The number of anilines is 3. The Morgan fingerprint density at radius 3 is 1.01 bits per heavy atom. The number of rotatable bonds is 7. The topological polar surface area (TPSA) is 21.7 Å². The van der Waals surface area contributed by atoms with Crippen LogP contribution in [-0.2, 0) is 10.8 Å². The van der Waals surface area contributed by atoms with Crippen LogP contribution in [0.2, 0.25) is 0 Å². The van der Waals surface area contributed by atoms with Gasteiger partial charge in [0.1, 0.15) is 23.0 Å². The lowest BCUT2D eigenvalue weighted by Crippen LogP contribution is -2.32. The molecule has 3 nitrogen and oxygen atoms in total. The largest absolute Gasteiger partial charge is 0.457 e. The zero-order valence-electron chi connectivity index (χ0n) is 45.2. The van der Waals surface area contributed by atoms with E-state index in [0.29, 0.717) is 0 Å². The normalized spacial score (nSPS) is 13.7. The highest BCUT2D eigenvalue weighted by molar-refractivity contribution is 6.00. The maximum absolute atomic E-state index is 6.77. The standard InChI is InChI=1S/C80H51NO2/c1-2-22-52(23-3-1)53-42-44-54(45-43-53)57-24-6-15-35-72(57)81(73-36-16-7-25-58(73)55-47-49-66-63(50-55)61-28-5-10-30-65(61)79(66)67-31-11-18-38-75(67)82-76-39-19-12-32-68(76)79)74-37-17-8-26-59(74)56-46-48-62-60-27-4-9-29-64(60)80(71(62)51-56)69-33-13-20-40-77(69)83-78-41-21-14-34-70(78)80/h1-51H. The van der Waals surface area contributed by atoms with Crippen molar-refractivity contribution in [1.29, 1.82) is 0 Å². The third-order valence-corrected chi connectivity index (χ3v) is 18.1. The highest BCUT2D eigenvalue weighted by Crippen LogP contribution is 2.65. The molecule has 2 aliphatic carbocycles. The second-order valence-corrected chi connectivity index (χ2v) is 22.1. The first kappa shape index (κ1) is 47.1. The maximum Gasteiger partial charge on any atom is 0.132 e. The molecule has 2 heterocycles. The van der Waals surface area contributed by atoms with Gasteiger partial charge in [-0.1, -0.05) is 255 Å². The first-order valence-corrected chi connectivity index (χ1v) is 28.6. The van der Waals surface area contributed by atoms with Crippen molar-refractivity contribution < 1.29 is 9.47 Å². The third-order valence-electron chi connectivity index (χ3n) is 18.1. The average molecular weight is 1060 g/mol. The van der Waals surface area contributed by atoms with E-state index in [0.717, 1.165) is 95.7 Å². The number of hydrogen-bond donors (Lipinski definition) is 0. The van der Waals surface area contributed by atoms with E-state index in [1.54, 1.807) is 0 Å². The highest BCUT2D eigenvalue weighted by Gasteiger charge is 2.52. The molecule has 0 bridgehead atoms. The van der Waals surface area contributed by atoms with Crippen LogP contribution in [0.5, 0.6) is 23.0 Å². The maximum atomic E-state index is 6.77. The molecule has 3 heteroatoms. The Balaban J connectivity index is 0.889. The molecule has 0 radical (unpaired) electrons. The summed E-state index contributed by atoms with van der Waals surface area (Å²) >= 11 is 0. The van der Waals surface area contributed by atoms with Crippen LogP contribution in [0, 0.1) is 0 Å². The van der Waals surface area contributed by atoms with E-state index in [1.165, 1.54) is 55.6 Å². The molecule has 17 rings (SSSR count). The predicted molar refractivity (Wildman–Crippen MR) is 338 cm³/mol. The summed E-state index contributed by atoms with van der Waals surface area (Å²) < 4.78 is 13.5. The van der Waals surface area contributed by atoms with Gasteiger partial charge in [0.15, 0.2) is 0 Å². The van der Waals surface area contributed by atoms with Crippen LogP contribution in [0.3, 0.4) is 0 Å². The number of ether oxygens (including phenoxy) is 2. The summed E-state index contributed by atoms with van der Waals surface area (Å²) in [5, 5.41) is 0. The van der Waals surface area contributed by atoms with Gasteiger partial charge < -0.3 is 14.4 Å². The summed E-state index contributed by atoms with van der Waals surface area (Å²) in [6, 6.07) is 113. The number of nitrogens with zero attached hydrogens (tertiary/aromatic N) is 1. The van der Waals surface area contributed by atoms with E-state index in [2.05, 4.69) is 314 Å². The molecule has 0 aromatic heterocycles. The van der Waals surface area contributed by atoms with Gasteiger partial charge in [0.25, 0.3) is 0 Å². The van der Waals surface area contributed by atoms with Gasteiger partial charge in [0, 0.05) is 38.9 Å². The third kappa shape index (κ3) is 6.80. The molecule has 388 valence electrons. The van der Waals surface area contributed by atoms with Crippen molar-refractivity contribution in [2.45, 2.75) is 10.8 Å². The van der Waals surface area contributed by atoms with E-state index < -0.39 is 10.8 Å². The van der Waals surface area contributed by atoms with Crippen molar-refractivity contribution in [2.24, 2.45) is 0 Å². The van der Waals surface area contributed by atoms with E-state index >= 15 is 0 Å². The Morgan fingerprint density at radius 1 is 0.193 bits per heavy atom. The van der Waals surface area contributed by atoms with Crippen molar-refractivity contribution in [3.05, 3.63) is 354 Å². The summed E-state index contributed by atoms with van der Waals surface area (Å²) in [4.78, 5) is 2.52. The van der Waals surface area contributed by atoms with Crippen molar-refractivity contribution >= 4 is 17.1 Å². The van der Waals surface area contributed by atoms with Crippen LogP contribution in [0.4, 0.5) is 17.1 Å². The van der Waals surface area contributed by atoms with Gasteiger partial charge in [-0.3, -0.25) is 0 Å². The summed E-state index contributed by atoms with van der Waals surface area (Å²) in [5.41, 5.74) is 25.6. The number of fused-ring (bicyclic) bond motifs is 18. The SMILES string of the molecule is c1ccc(-c2ccc(-c3ccccc3N(c3ccccc3-c3ccc4c(c3)-c3ccccc3C43c4ccccc4Oc4ccccc43)c3ccccc3-c3ccc4c(c3)C3(c5ccccc5Oc5ccccc53)c3ccccc3-4)cc2)cc1. The van der Waals surface area contributed by atoms with Gasteiger partial charge in [0.2, 0.25) is 0 Å². The molecule has 0 saturated heterocycles. The van der Waals surface area contributed by atoms with Crippen LogP contribution in [0.1, 0.15) is 44.5 Å². The molecule has 0 amide bonds. The molecular weight excluding hydrogens is 1010 g/mol. The fraction of sp³-hybridized carbons (Fsp3) is 0.0250. The fourth-order valence-electron chi connectivity index (χ4n) is 14.6. The monoisotopic (exact) mass is 1060 g/mol. The minimum absolute atomic E-state index is 0.569. The zero-order chi connectivity index (χ0) is 54.6. The molecule has 83 heavy (non-hydrogen) atoms. The molecule has 13 aromatic carbocycles. The van der Waals surface area contributed by atoms with E-state index in [9.17, 15) is 0 Å². The highest BCUT2D eigenvalue weighted by atomic mass is 16.5. The molecule has 2 aliphatic heterocycles. The lowest BCUT2D eigenvalue weighted by Gasteiger charge is -2.39. The minimum atomic E-state index is -0.618. The molecule has 2 spiro atoms. The molecular formula is C80H51NO2. The van der Waals surface area contributed by atoms with Crippen LogP contribution in [-0.4, -0.2) is 0 Å². The summed E-state index contributed by atoms with van der Waals surface area (Å²) in [5.74, 6) is 3.53. The first-order chi connectivity index (χ1) is 41.2. The van der Waals surface area contributed by atoms with Gasteiger partial charge in [-0.15, -0.1) is 0 Å². The summed E-state index contributed by atoms with van der Waals surface area (Å²) in [6.45, 7) is 0. The van der Waals surface area contributed by atoms with Crippen molar-refractivity contribution in [2.75, 3.05) is 4.90 Å². The molecule has 0 atom stereocenters. The lowest BCUT2D eigenvalue weighted by atomic mass is 9.66. The Hall–Kier alpha value is -10.7. The Bertz CT molecular complexity index is 4670. The first-order valence-electron chi connectivity index (χ1n) is 28.6. The molecule has 4 aliphatic rings. The molecule has 13 aromatic rings. The Kier molecular flexibility index (Phi) is 10.4. The number of hydrogen-bond acceptors (Lipinski definition) is 3. The average Bonchev–Trinajstić information content (AvgIpc) is 2.20. The summed E-state index contributed by atoms with van der Waals surface area (Å²) in [7, 11) is 0. The fourth-order valence-corrected chi connectivity index (χ4v) is 14.6. The Morgan fingerprint density at radius 2 is 0.506 bits per heavy atom. The van der Waals surface area contributed by atoms with E-state index in [1.807, 2.05) is 0 Å². The minimum Gasteiger partial charge on any atom is -0.457 e. The Labute approximate surface area is 483 Å². The van der Waals surface area contributed by atoms with Crippen LogP contribution >= 0.6 is 0 Å². The molecule has 0 N–H and O–H groups in total. The van der Waals surface area contributed by atoms with Crippen molar-refractivity contribution in [1.82, 2.24) is 0 Å². The second kappa shape index (κ2) is 18.4. The second-order valence-electron chi connectivity index (χ2n) is 22.1. The quantitative estimate of drug-likeness (QED) is 0.159. The zero-order valence-corrected chi connectivity index (χ0v) is 45.2. The molecule has 0 saturated carbocycles. The van der Waals surface area contributed by atoms with Gasteiger partial charge in [-0.05, 0) is 127 Å². The molecule has 0 fully saturated rings. The van der Waals surface area contributed by atoms with Gasteiger partial charge in [-0.25, -0.2) is 0 Å².